The highest BCUT2D eigenvalue weighted by Crippen LogP contribution is 2.40. The van der Waals surface area contributed by atoms with E-state index in [9.17, 15) is 13.2 Å². The Morgan fingerprint density at radius 3 is 2.19 bits per heavy atom. The second kappa shape index (κ2) is 7.14. The fourth-order valence-electron chi connectivity index (χ4n) is 3.23. The van der Waals surface area contributed by atoms with E-state index in [4.69, 9.17) is 0 Å². The van der Waals surface area contributed by atoms with Crippen molar-refractivity contribution in [1.29, 1.82) is 0 Å². The van der Waals surface area contributed by atoms with Gasteiger partial charge >= 0.3 is 6.18 Å². The molecule has 1 saturated carbocycles. The van der Waals surface area contributed by atoms with Crippen LogP contribution in [-0.4, -0.2) is 19.3 Å². The Morgan fingerprint density at radius 2 is 1.71 bits per heavy atom. The maximum atomic E-state index is 12.7. The fourth-order valence-corrected chi connectivity index (χ4v) is 3.49. The van der Waals surface area contributed by atoms with Gasteiger partial charge in [-0.25, -0.2) is 0 Å². The summed E-state index contributed by atoms with van der Waals surface area (Å²) >= 11 is 3.41. The summed E-state index contributed by atoms with van der Waals surface area (Å²) in [5.41, 5.74) is 1.22. The van der Waals surface area contributed by atoms with Gasteiger partial charge in [-0.1, -0.05) is 28.1 Å². The minimum Gasteiger partial charge on any atom is -0.316 e. The zero-order valence-corrected chi connectivity index (χ0v) is 13.7. The first-order chi connectivity index (χ1) is 9.90. The highest BCUT2D eigenvalue weighted by atomic mass is 79.9. The lowest BCUT2D eigenvalue weighted by molar-refractivity contribution is -0.184. The Balaban J connectivity index is 1.92. The van der Waals surface area contributed by atoms with E-state index in [0.29, 0.717) is 18.8 Å². The van der Waals surface area contributed by atoms with E-state index in [-0.39, 0.29) is 18.9 Å². The van der Waals surface area contributed by atoms with Crippen molar-refractivity contribution in [3.05, 3.63) is 34.3 Å². The Labute approximate surface area is 132 Å². The molecule has 0 heterocycles. The molecular formula is C16H21BrF3N. The monoisotopic (exact) mass is 363 g/mol. The summed E-state index contributed by atoms with van der Waals surface area (Å²) in [4.78, 5) is 0. The van der Waals surface area contributed by atoms with E-state index < -0.39 is 12.1 Å². The average Bonchev–Trinajstić information content (AvgIpc) is 2.46. The van der Waals surface area contributed by atoms with Gasteiger partial charge in [-0.3, -0.25) is 0 Å². The number of hydrogen-bond acceptors (Lipinski definition) is 1. The number of hydrogen-bond donors (Lipinski definition) is 1. The molecule has 1 N–H and O–H groups in total. The largest absolute Gasteiger partial charge is 0.391 e. The number of likely N-dealkylation sites (N-methyl/N-ethyl adjacent to an activating group) is 1. The molecule has 1 aliphatic carbocycles. The highest BCUT2D eigenvalue weighted by molar-refractivity contribution is 9.10. The molecule has 0 aliphatic heterocycles. The lowest BCUT2D eigenvalue weighted by atomic mass is 9.77. The average molecular weight is 364 g/mol. The van der Waals surface area contributed by atoms with Crippen LogP contribution < -0.4 is 5.32 Å². The molecule has 1 atom stereocenters. The van der Waals surface area contributed by atoms with Crippen LogP contribution >= 0.6 is 15.9 Å². The molecule has 0 aromatic heterocycles. The van der Waals surface area contributed by atoms with Crippen LogP contribution in [0.3, 0.4) is 0 Å². The van der Waals surface area contributed by atoms with E-state index >= 15 is 0 Å². The lowest BCUT2D eigenvalue weighted by Gasteiger charge is -2.34. The molecule has 1 aliphatic rings. The Hall–Kier alpha value is -0.550. The summed E-state index contributed by atoms with van der Waals surface area (Å²) < 4.78 is 39.2. The molecule has 2 rings (SSSR count). The van der Waals surface area contributed by atoms with E-state index in [1.54, 1.807) is 0 Å². The topological polar surface area (TPSA) is 12.0 Å². The van der Waals surface area contributed by atoms with Crippen molar-refractivity contribution in [2.24, 2.45) is 11.8 Å². The fraction of sp³-hybridized carbons (Fsp3) is 0.625. The predicted molar refractivity (Wildman–Crippen MR) is 82.2 cm³/mol. The Bertz CT molecular complexity index is 436. The van der Waals surface area contributed by atoms with Crippen molar-refractivity contribution in [3.8, 4) is 0 Å². The van der Waals surface area contributed by atoms with Crippen molar-refractivity contribution in [3.63, 3.8) is 0 Å². The molecule has 1 aromatic rings. The molecule has 0 spiro atoms. The van der Waals surface area contributed by atoms with Crippen LogP contribution in [0.2, 0.25) is 0 Å². The smallest absolute Gasteiger partial charge is 0.316 e. The molecule has 21 heavy (non-hydrogen) atoms. The molecular weight excluding hydrogens is 343 g/mol. The number of rotatable bonds is 4. The SMILES string of the molecule is CNC(Cc1ccc(Br)cc1)C1CCC(C(F)(F)F)CC1. The van der Waals surface area contributed by atoms with Crippen LogP contribution in [0.4, 0.5) is 13.2 Å². The first-order valence-corrected chi connectivity index (χ1v) is 8.18. The Kier molecular flexibility index (Phi) is 5.72. The van der Waals surface area contributed by atoms with Crippen molar-refractivity contribution in [1.82, 2.24) is 5.32 Å². The molecule has 5 heteroatoms. The molecule has 1 unspecified atom stereocenters. The summed E-state index contributed by atoms with van der Waals surface area (Å²) in [7, 11) is 1.90. The number of halogens is 4. The third-order valence-electron chi connectivity index (χ3n) is 4.54. The van der Waals surface area contributed by atoms with Crippen molar-refractivity contribution in [2.75, 3.05) is 7.05 Å². The van der Waals surface area contributed by atoms with Gasteiger partial charge in [0.2, 0.25) is 0 Å². The van der Waals surface area contributed by atoms with Crippen LogP contribution in [-0.2, 0) is 6.42 Å². The zero-order chi connectivity index (χ0) is 15.5. The standard InChI is InChI=1S/C16H21BrF3N/c1-21-15(10-11-2-8-14(17)9-3-11)12-4-6-13(7-5-12)16(18,19)20/h2-3,8-9,12-13,15,21H,4-7,10H2,1H3. The summed E-state index contributed by atoms with van der Waals surface area (Å²) in [5.74, 6) is -0.767. The number of benzene rings is 1. The first-order valence-electron chi connectivity index (χ1n) is 7.38. The van der Waals surface area contributed by atoms with E-state index in [1.807, 2.05) is 19.2 Å². The quantitative estimate of drug-likeness (QED) is 0.797. The summed E-state index contributed by atoms with van der Waals surface area (Å²) in [6.07, 6.45) is -1.30. The van der Waals surface area contributed by atoms with Crippen molar-refractivity contribution < 1.29 is 13.2 Å². The molecule has 1 aromatic carbocycles. The van der Waals surface area contributed by atoms with Gasteiger partial charge in [-0.2, -0.15) is 13.2 Å². The van der Waals surface area contributed by atoms with Gasteiger partial charge in [-0.15, -0.1) is 0 Å². The van der Waals surface area contributed by atoms with Gasteiger partial charge in [0.05, 0.1) is 5.92 Å². The molecule has 0 radical (unpaired) electrons. The van der Waals surface area contributed by atoms with Gasteiger partial charge in [0.1, 0.15) is 0 Å². The normalized spacial score (nSPS) is 24.8. The Morgan fingerprint density at radius 1 is 1.14 bits per heavy atom. The number of alkyl halides is 3. The van der Waals surface area contributed by atoms with Gasteiger partial charge in [0.25, 0.3) is 0 Å². The van der Waals surface area contributed by atoms with E-state index in [2.05, 4.69) is 33.4 Å². The van der Waals surface area contributed by atoms with Crippen LogP contribution in [0, 0.1) is 11.8 Å². The maximum Gasteiger partial charge on any atom is 0.391 e. The summed E-state index contributed by atoms with van der Waals surface area (Å²) in [6.45, 7) is 0. The molecule has 1 fully saturated rings. The van der Waals surface area contributed by atoms with Crippen LogP contribution in [0.5, 0.6) is 0 Å². The molecule has 0 bridgehead atoms. The minimum absolute atomic E-state index is 0.250. The van der Waals surface area contributed by atoms with E-state index in [0.717, 1.165) is 10.9 Å². The lowest BCUT2D eigenvalue weighted by Crippen LogP contribution is -2.39. The second-order valence-electron chi connectivity index (χ2n) is 5.88. The van der Waals surface area contributed by atoms with Crippen molar-refractivity contribution in [2.45, 2.75) is 44.3 Å². The van der Waals surface area contributed by atoms with Gasteiger partial charge < -0.3 is 5.32 Å². The number of nitrogens with one attached hydrogen (secondary N) is 1. The maximum absolute atomic E-state index is 12.7. The van der Waals surface area contributed by atoms with Gasteiger partial charge in [0, 0.05) is 10.5 Å². The predicted octanol–water partition coefficient (Wildman–Crippen LogP) is 4.95. The van der Waals surface area contributed by atoms with Crippen LogP contribution in [0.15, 0.2) is 28.7 Å². The summed E-state index contributed by atoms with van der Waals surface area (Å²) in [5, 5.41) is 3.30. The third-order valence-corrected chi connectivity index (χ3v) is 5.07. The zero-order valence-electron chi connectivity index (χ0n) is 12.1. The minimum atomic E-state index is -4.02. The molecule has 1 nitrogen and oxygen atoms in total. The van der Waals surface area contributed by atoms with Crippen LogP contribution in [0.25, 0.3) is 0 Å². The van der Waals surface area contributed by atoms with Gasteiger partial charge in [0.15, 0.2) is 0 Å². The van der Waals surface area contributed by atoms with E-state index in [1.165, 1.54) is 5.56 Å². The van der Waals surface area contributed by atoms with Crippen molar-refractivity contribution >= 4 is 15.9 Å². The van der Waals surface area contributed by atoms with Crippen LogP contribution in [0.1, 0.15) is 31.2 Å². The molecule has 118 valence electrons. The summed E-state index contributed by atoms with van der Waals surface area (Å²) in [6, 6.07) is 8.39. The molecule has 0 amide bonds. The first kappa shape index (κ1) is 16.8. The molecule has 0 saturated heterocycles. The van der Waals surface area contributed by atoms with Gasteiger partial charge in [-0.05, 0) is 62.8 Å². The second-order valence-corrected chi connectivity index (χ2v) is 6.79. The third kappa shape index (κ3) is 4.71. The highest BCUT2D eigenvalue weighted by Gasteiger charge is 2.42.